The highest BCUT2D eigenvalue weighted by Crippen LogP contribution is 2.29. The minimum Gasteiger partial charge on any atom is -0.483 e. The van der Waals surface area contributed by atoms with Crippen LogP contribution in [-0.2, 0) is 24.1 Å². The summed E-state index contributed by atoms with van der Waals surface area (Å²) in [5.41, 5.74) is 1.28. The molecule has 3 aromatic rings. The molecular formula is C23H23F3N4O2. The van der Waals surface area contributed by atoms with Gasteiger partial charge in [0.05, 0.1) is 5.56 Å². The van der Waals surface area contributed by atoms with E-state index in [1.165, 1.54) is 12.1 Å². The van der Waals surface area contributed by atoms with Crippen LogP contribution in [0.15, 0.2) is 60.9 Å². The molecule has 2 aromatic carbocycles. The van der Waals surface area contributed by atoms with Gasteiger partial charge < -0.3 is 15.0 Å². The number of hydrogen-bond acceptors (Lipinski definition) is 5. The number of alkyl halides is 3. The molecule has 0 saturated carbocycles. The van der Waals surface area contributed by atoms with Crippen molar-refractivity contribution in [2.45, 2.75) is 19.3 Å². The van der Waals surface area contributed by atoms with Crippen LogP contribution in [0.2, 0.25) is 0 Å². The molecule has 9 heteroatoms. The first-order valence-electron chi connectivity index (χ1n) is 9.83. The molecule has 168 valence electrons. The number of halogens is 3. The summed E-state index contributed by atoms with van der Waals surface area (Å²) < 4.78 is 44.2. The molecule has 1 heterocycles. The Balaban J connectivity index is 1.63. The Morgan fingerprint density at radius 3 is 2.50 bits per heavy atom. The zero-order valence-electron chi connectivity index (χ0n) is 17.7. The summed E-state index contributed by atoms with van der Waals surface area (Å²) in [5.74, 6) is 0.680. The van der Waals surface area contributed by atoms with Crippen LogP contribution in [0.4, 0.5) is 13.2 Å². The van der Waals surface area contributed by atoms with Gasteiger partial charge in [0.2, 0.25) is 0 Å². The number of nitrogens with one attached hydrogen (secondary N) is 1. The molecule has 1 N–H and O–H groups in total. The number of aromatic nitrogens is 2. The van der Waals surface area contributed by atoms with Gasteiger partial charge in [-0.25, -0.2) is 9.97 Å². The lowest BCUT2D eigenvalue weighted by Gasteiger charge is -2.16. The smallest absolute Gasteiger partial charge is 0.416 e. The fourth-order valence-corrected chi connectivity index (χ4v) is 3.02. The van der Waals surface area contributed by atoms with Gasteiger partial charge in [-0.05, 0) is 56.1 Å². The minimum atomic E-state index is -4.43. The molecule has 3 rings (SSSR count). The van der Waals surface area contributed by atoms with E-state index in [1.54, 1.807) is 24.5 Å². The predicted octanol–water partition coefficient (Wildman–Crippen LogP) is 3.92. The quantitative estimate of drug-likeness (QED) is 0.571. The van der Waals surface area contributed by atoms with E-state index >= 15 is 0 Å². The van der Waals surface area contributed by atoms with Crippen molar-refractivity contribution < 1.29 is 22.7 Å². The highest BCUT2D eigenvalue weighted by molar-refractivity contribution is 5.77. The fourth-order valence-electron chi connectivity index (χ4n) is 3.02. The highest BCUT2D eigenvalue weighted by Gasteiger charge is 2.30. The second-order valence-electron chi connectivity index (χ2n) is 7.40. The Labute approximate surface area is 184 Å². The maximum Gasteiger partial charge on any atom is 0.416 e. The lowest BCUT2D eigenvalue weighted by molar-refractivity contribution is -0.137. The van der Waals surface area contributed by atoms with Crippen LogP contribution in [0.5, 0.6) is 5.75 Å². The molecule has 0 fully saturated rings. The largest absolute Gasteiger partial charge is 0.483 e. The van der Waals surface area contributed by atoms with E-state index in [2.05, 4.69) is 15.3 Å². The average Bonchev–Trinajstić information content (AvgIpc) is 2.76. The van der Waals surface area contributed by atoms with E-state index in [0.29, 0.717) is 23.7 Å². The molecule has 1 amide bonds. The van der Waals surface area contributed by atoms with Gasteiger partial charge in [-0.3, -0.25) is 4.79 Å². The Kier molecular flexibility index (Phi) is 7.42. The van der Waals surface area contributed by atoms with Gasteiger partial charge >= 0.3 is 6.18 Å². The maximum absolute atomic E-state index is 12.8. The topological polar surface area (TPSA) is 67.3 Å². The molecule has 0 aliphatic rings. The normalized spacial score (nSPS) is 11.4. The van der Waals surface area contributed by atoms with Gasteiger partial charge in [-0.1, -0.05) is 12.1 Å². The molecule has 0 aliphatic carbocycles. The van der Waals surface area contributed by atoms with Crippen LogP contribution in [-0.4, -0.2) is 41.5 Å². The SMILES string of the molecule is CN(C)Cc1cc(-c2ncccn2)ccc1OCC(=O)NCc1cccc(C(F)(F)F)c1. The second kappa shape index (κ2) is 10.2. The van der Waals surface area contributed by atoms with Crippen LogP contribution >= 0.6 is 0 Å². The number of nitrogens with zero attached hydrogens (tertiary/aromatic N) is 3. The number of benzene rings is 2. The molecule has 0 radical (unpaired) electrons. The Hall–Kier alpha value is -3.46. The van der Waals surface area contributed by atoms with E-state index < -0.39 is 17.6 Å². The fraction of sp³-hybridized carbons (Fsp3) is 0.261. The van der Waals surface area contributed by atoms with Gasteiger partial charge in [0.15, 0.2) is 12.4 Å². The van der Waals surface area contributed by atoms with Gasteiger partial charge in [0.1, 0.15) is 5.75 Å². The predicted molar refractivity (Wildman–Crippen MR) is 114 cm³/mol. The van der Waals surface area contributed by atoms with Crippen LogP contribution < -0.4 is 10.1 Å². The molecule has 32 heavy (non-hydrogen) atoms. The van der Waals surface area contributed by atoms with E-state index in [0.717, 1.165) is 23.3 Å². The molecule has 0 atom stereocenters. The van der Waals surface area contributed by atoms with Crippen LogP contribution in [0.25, 0.3) is 11.4 Å². The first-order chi connectivity index (χ1) is 15.2. The summed E-state index contributed by atoms with van der Waals surface area (Å²) >= 11 is 0. The third-order valence-corrected chi connectivity index (χ3v) is 4.47. The molecule has 1 aromatic heterocycles. The van der Waals surface area contributed by atoms with E-state index in [9.17, 15) is 18.0 Å². The third-order valence-electron chi connectivity index (χ3n) is 4.47. The van der Waals surface area contributed by atoms with Crippen molar-refractivity contribution in [2.75, 3.05) is 20.7 Å². The number of carbonyl (C=O) groups is 1. The van der Waals surface area contributed by atoms with E-state index in [4.69, 9.17) is 4.74 Å². The van der Waals surface area contributed by atoms with E-state index in [-0.39, 0.29) is 13.2 Å². The Morgan fingerprint density at radius 1 is 1.06 bits per heavy atom. The summed E-state index contributed by atoms with van der Waals surface area (Å²) in [4.78, 5) is 22.7. The lowest BCUT2D eigenvalue weighted by atomic mass is 10.1. The highest BCUT2D eigenvalue weighted by atomic mass is 19.4. The van der Waals surface area contributed by atoms with E-state index in [1.807, 2.05) is 31.1 Å². The van der Waals surface area contributed by atoms with Gasteiger partial charge in [0.25, 0.3) is 5.91 Å². The summed E-state index contributed by atoms with van der Waals surface area (Å²) in [6.45, 7) is 0.281. The standard InChI is InChI=1S/C23H23F3N4O2/c1-30(2)14-18-12-17(22-27-9-4-10-28-22)7-8-20(18)32-15-21(31)29-13-16-5-3-6-19(11-16)23(24,25)26/h3-12H,13-15H2,1-2H3,(H,29,31). The van der Waals surface area contributed by atoms with Crippen molar-refractivity contribution in [3.05, 3.63) is 77.6 Å². The van der Waals surface area contributed by atoms with Crippen LogP contribution in [0.1, 0.15) is 16.7 Å². The maximum atomic E-state index is 12.8. The van der Waals surface area contributed by atoms with Crippen molar-refractivity contribution >= 4 is 5.91 Å². The molecule has 0 saturated heterocycles. The summed E-state index contributed by atoms with van der Waals surface area (Å²) in [5, 5.41) is 2.58. The number of amides is 1. The number of ether oxygens (including phenoxy) is 1. The average molecular weight is 444 g/mol. The van der Waals surface area contributed by atoms with Crippen molar-refractivity contribution in [1.29, 1.82) is 0 Å². The first kappa shape index (κ1) is 23.2. The Bertz CT molecular complexity index is 1060. The molecule has 0 bridgehead atoms. The molecule has 6 nitrogen and oxygen atoms in total. The minimum absolute atomic E-state index is 0.0268. The number of hydrogen-bond donors (Lipinski definition) is 1. The monoisotopic (exact) mass is 444 g/mol. The van der Waals surface area contributed by atoms with Crippen molar-refractivity contribution in [3.63, 3.8) is 0 Å². The molecule has 0 aliphatic heterocycles. The number of rotatable bonds is 8. The number of carbonyl (C=O) groups excluding carboxylic acids is 1. The molecule has 0 unspecified atom stereocenters. The van der Waals surface area contributed by atoms with Gasteiger partial charge in [-0.15, -0.1) is 0 Å². The molecule has 0 spiro atoms. The molecular weight excluding hydrogens is 421 g/mol. The summed E-state index contributed by atoms with van der Waals surface area (Å²) in [7, 11) is 3.83. The van der Waals surface area contributed by atoms with Gasteiger partial charge in [0, 0.05) is 36.6 Å². The third kappa shape index (κ3) is 6.52. The lowest BCUT2D eigenvalue weighted by Crippen LogP contribution is -2.28. The van der Waals surface area contributed by atoms with Crippen LogP contribution in [0, 0.1) is 0 Å². The van der Waals surface area contributed by atoms with Crippen LogP contribution in [0.3, 0.4) is 0 Å². The summed E-state index contributed by atoms with van der Waals surface area (Å²) in [6.07, 6.45) is -1.11. The van der Waals surface area contributed by atoms with Gasteiger partial charge in [-0.2, -0.15) is 13.2 Å². The zero-order valence-corrected chi connectivity index (χ0v) is 17.7. The first-order valence-corrected chi connectivity index (χ1v) is 9.83. The Morgan fingerprint density at radius 2 is 1.81 bits per heavy atom. The van der Waals surface area contributed by atoms with Crippen molar-refractivity contribution in [1.82, 2.24) is 20.2 Å². The van der Waals surface area contributed by atoms with Crippen molar-refractivity contribution in [3.8, 4) is 17.1 Å². The van der Waals surface area contributed by atoms with Crippen molar-refractivity contribution in [2.24, 2.45) is 0 Å². The summed E-state index contributed by atoms with van der Waals surface area (Å²) in [6, 6.07) is 12.0. The second-order valence-corrected chi connectivity index (χ2v) is 7.40. The zero-order chi connectivity index (χ0) is 23.1.